The number of aliphatic carboxylic acids is 1. The molecule has 1 aromatic carbocycles. The van der Waals surface area contributed by atoms with Gasteiger partial charge in [0.25, 0.3) is 11.8 Å². The average Bonchev–Trinajstić information content (AvgIpc) is 3.77. The number of nitrogen functional groups attached to an aromatic ring is 1. The summed E-state index contributed by atoms with van der Waals surface area (Å²) >= 11 is 6.54. The summed E-state index contributed by atoms with van der Waals surface area (Å²) < 4.78 is 45.0. The molecular weight excluding hydrogens is 771 g/mol. The third kappa shape index (κ3) is 8.45. The number of imidazole rings is 1. The lowest BCUT2D eigenvalue weighted by atomic mass is 9.90. The van der Waals surface area contributed by atoms with Gasteiger partial charge in [-0.05, 0) is 30.3 Å². The van der Waals surface area contributed by atoms with Crippen molar-refractivity contribution in [2.24, 2.45) is 18.9 Å². The molecule has 20 heteroatoms. The molecule has 0 spiro atoms. The van der Waals surface area contributed by atoms with E-state index >= 15 is 0 Å². The maximum Gasteiger partial charge on any atom is 0.435 e. The van der Waals surface area contributed by atoms with Crippen LogP contribution in [-0.2, 0) is 22.8 Å². The number of halogens is 4. The van der Waals surface area contributed by atoms with Crippen molar-refractivity contribution in [3.8, 4) is 16.9 Å². The number of nitrogens with zero attached hydrogens (tertiary/aromatic N) is 8. The zero-order valence-corrected chi connectivity index (χ0v) is 31.8. The van der Waals surface area contributed by atoms with Gasteiger partial charge >= 0.3 is 12.1 Å². The number of benzene rings is 1. The third-order valence-electron chi connectivity index (χ3n) is 11.1. The Balaban J connectivity index is 0.954. The molecule has 3 aliphatic rings. The summed E-state index contributed by atoms with van der Waals surface area (Å²) in [6.45, 7) is 5.25. The van der Waals surface area contributed by atoms with Crippen molar-refractivity contribution in [2.75, 3.05) is 76.5 Å². The molecule has 6 heterocycles. The number of carboxylic acids is 1. The Bertz CT molecular complexity index is 2170. The van der Waals surface area contributed by atoms with Crippen molar-refractivity contribution in [1.82, 2.24) is 39.4 Å². The van der Waals surface area contributed by atoms with E-state index in [1.807, 2.05) is 0 Å². The Morgan fingerprint density at radius 2 is 1.72 bits per heavy atom. The van der Waals surface area contributed by atoms with E-state index in [-0.39, 0.29) is 69.1 Å². The lowest BCUT2D eigenvalue weighted by Crippen LogP contribution is -2.62. The Kier molecular flexibility index (Phi) is 11.0. The highest BCUT2D eigenvalue weighted by molar-refractivity contribution is 6.34. The second-order valence-corrected chi connectivity index (χ2v) is 15.3. The molecule has 57 heavy (non-hydrogen) atoms. The van der Waals surface area contributed by atoms with Crippen molar-refractivity contribution in [3.05, 3.63) is 71.0 Å². The van der Waals surface area contributed by atoms with E-state index < -0.39 is 23.7 Å². The first-order valence-corrected chi connectivity index (χ1v) is 18.9. The number of anilines is 2. The molecule has 0 saturated carbocycles. The minimum Gasteiger partial charge on any atom is -0.477 e. The summed E-state index contributed by atoms with van der Waals surface area (Å²) in [5, 5.41) is 19.3. The van der Waals surface area contributed by atoms with Gasteiger partial charge in [0.2, 0.25) is 5.91 Å². The van der Waals surface area contributed by atoms with Gasteiger partial charge in [-0.1, -0.05) is 11.6 Å². The highest BCUT2D eigenvalue weighted by Gasteiger charge is 2.42. The van der Waals surface area contributed by atoms with Gasteiger partial charge in [-0.15, -0.1) is 0 Å². The Morgan fingerprint density at radius 3 is 2.32 bits per heavy atom. The first kappa shape index (κ1) is 39.7. The number of amides is 3. The number of nitrogens with two attached hydrogens (primary N) is 1. The lowest BCUT2D eigenvalue weighted by molar-refractivity contribution is -0.929. The normalized spacial score (nSPS) is 20.3. The van der Waals surface area contributed by atoms with Crippen LogP contribution in [0.1, 0.15) is 39.5 Å². The fourth-order valence-electron chi connectivity index (χ4n) is 7.90. The molecule has 0 aliphatic carbocycles. The van der Waals surface area contributed by atoms with Crippen LogP contribution in [0, 0.1) is 11.8 Å². The number of pyridine rings is 1. The molecule has 3 fully saturated rings. The van der Waals surface area contributed by atoms with Crippen LogP contribution in [0.4, 0.5) is 24.7 Å². The van der Waals surface area contributed by atoms with Crippen LogP contribution >= 0.6 is 11.6 Å². The molecule has 16 nitrogen and oxygen atoms in total. The van der Waals surface area contributed by atoms with Crippen molar-refractivity contribution in [3.63, 3.8) is 0 Å². The van der Waals surface area contributed by atoms with Crippen molar-refractivity contribution >= 4 is 46.8 Å². The molecular formula is C37H42ClF3N11O5+. The SMILES string of the molecule is Cn1c(-c2cn(-c3ccc(N)nc3)nc2C(F)(F)F)cnc1C(=O)Nc1ccc(C(=O)N2CCN(C(=O)C3CC[N+](CC(=O)O)(CC4CNC4)CC3)CC2)c(Cl)c1. The predicted octanol–water partition coefficient (Wildman–Crippen LogP) is 2.99. The largest absolute Gasteiger partial charge is 0.477 e. The number of carbonyl (C=O) groups is 4. The van der Waals surface area contributed by atoms with E-state index in [0.29, 0.717) is 62.5 Å². The molecule has 3 aromatic heterocycles. The molecule has 0 unspecified atom stereocenters. The number of hydrogen-bond acceptors (Lipinski definition) is 9. The van der Waals surface area contributed by atoms with Crippen LogP contribution in [0.5, 0.6) is 0 Å². The molecule has 3 aliphatic heterocycles. The number of alkyl halides is 3. The van der Waals surface area contributed by atoms with Gasteiger partial charge in [-0.25, -0.2) is 19.4 Å². The van der Waals surface area contributed by atoms with E-state index in [0.717, 1.165) is 30.5 Å². The zero-order chi connectivity index (χ0) is 40.6. The van der Waals surface area contributed by atoms with Crippen LogP contribution < -0.4 is 16.4 Å². The van der Waals surface area contributed by atoms with E-state index in [2.05, 4.69) is 25.7 Å². The number of piperazine rings is 1. The topological polar surface area (TPSA) is 194 Å². The number of nitrogens with one attached hydrogen (secondary N) is 2. The Hall–Kier alpha value is -5.53. The van der Waals surface area contributed by atoms with Crippen molar-refractivity contribution < 1.29 is 41.9 Å². The lowest BCUT2D eigenvalue weighted by Gasteiger charge is -2.46. The fraction of sp³-hybridized carbons (Fsp3) is 0.432. The minimum atomic E-state index is -4.82. The third-order valence-corrected chi connectivity index (χ3v) is 11.4. The first-order chi connectivity index (χ1) is 27.1. The Labute approximate surface area is 330 Å². The summed E-state index contributed by atoms with van der Waals surface area (Å²) in [6, 6.07) is 7.26. The number of quaternary nitrogens is 1. The molecule has 302 valence electrons. The number of carboxylic acid groups (broad SMARTS) is 1. The molecule has 5 N–H and O–H groups in total. The minimum absolute atomic E-state index is 0.0177. The second kappa shape index (κ2) is 15.8. The summed E-state index contributed by atoms with van der Waals surface area (Å²) in [6.07, 6.45) is 0.0211. The highest BCUT2D eigenvalue weighted by atomic mass is 35.5. The van der Waals surface area contributed by atoms with E-state index in [4.69, 9.17) is 17.3 Å². The number of likely N-dealkylation sites (tertiary alicyclic amines) is 1. The zero-order valence-electron chi connectivity index (χ0n) is 31.0. The number of carbonyl (C=O) groups excluding carboxylic acids is 3. The van der Waals surface area contributed by atoms with Gasteiger partial charge < -0.3 is 40.3 Å². The maximum atomic E-state index is 14.1. The van der Waals surface area contributed by atoms with Crippen molar-refractivity contribution in [1.29, 1.82) is 0 Å². The van der Waals surface area contributed by atoms with Gasteiger partial charge in [0.1, 0.15) is 5.82 Å². The average molecular weight is 813 g/mol. The van der Waals surface area contributed by atoms with Crippen LogP contribution in [0.3, 0.4) is 0 Å². The molecule has 0 radical (unpaired) electrons. The number of hydrogen-bond donors (Lipinski definition) is 4. The summed E-state index contributed by atoms with van der Waals surface area (Å²) in [5.74, 6) is -1.60. The van der Waals surface area contributed by atoms with Gasteiger partial charge in [0.15, 0.2) is 18.1 Å². The van der Waals surface area contributed by atoms with Gasteiger partial charge in [-0.3, -0.25) is 14.4 Å². The molecule has 4 aromatic rings. The molecule has 3 saturated heterocycles. The van der Waals surface area contributed by atoms with Crippen LogP contribution in [-0.4, -0.2) is 133 Å². The molecule has 7 rings (SSSR count). The predicted molar refractivity (Wildman–Crippen MR) is 201 cm³/mol. The standard InChI is InChI=1S/C37H41ClF3N11O5/c1-48-29(27-19-51(47-32(27)37(39,40)41)25-3-5-30(42)44-17-25)18-45-33(48)34(55)46-24-2-4-26(28(38)14-24)36(57)50-10-8-49(9-11-50)35(56)23-6-12-52(13-7-23,21-31(53)54)20-22-15-43-16-22/h2-5,14,17-19,22-23,43H,6-13,15-16,20-21H2,1H3,(H3-,42,44,46,53,54,55,57)/p+1. The second-order valence-electron chi connectivity index (χ2n) is 14.9. The van der Waals surface area contributed by atoms with Crippen LogP contribution in [0.25, 0.3) is 16.9 Å². The van der Waals surface area contributed by atoms with Gasteiger partial charge in [-0.2, -0.15) is 18.3 Å². The number of rotatable bonds is 10. The van der Waals surface area contributed by atoms with Crippen molar-refractivity contribution in [2.45, 2.75) is 19.0 Å². The number of piperidine rings is 1. The fourth-order valence-corrected chi connectivity index (χ4v) is 8.16. The molecule has 0 atom stereocenters. The Morgan fingerprint density at radius 1 is 1.02 bits per heavy atom. The van der Waals surface area contributed by atoms with Crippen LogP contribution in [0.2, 0.25) is 5.02 Å². The summed E-state index contributed by atoms with van der Waals surface area (Å²) in [7, 11) is 1.40. The van der Waals surface area contributed by atoms with Gasteiger partial charge in [0.05, 0.1) is 59.6 Å². The number of aromatic nitrogens is 5. The molecule has 0 bridgehead atoms. The maximum absolute atomic E-state index is 14.1. The van der Waals surface area contributed by atoms with E-state index in [9.17, 15) is 37.5 Å². The van der Waals surface area contributed by atoms with Crippen LogP contribution in [0.15, 0.2) is 48.9 Å². The van der Waals surface area contributed by atoms with E-state index in [1.165, 1.54) is 54.3 Å². The monoisotopic (exact) mass is 812 g/mol. The quantitative estimate of drug-likeness (QED) is 0.173. The van der Waals surface area contributed by atoms with E-state index in [1.54, 1.807) is 9.80 Å². The summed E-state index contributed by atoms with van der Waals surface area (Å²) in [5.41, 5.74) is 4.76. The first-order valence-electron chi connectivity index (χ1n) is 18.5. The molecule has 3 amide bonds. The van der Waals surface area contributed by atoms with Gasteiger partial charge in [0, 0.05) is 82.9 Å². The highest BCUT2D eigenvalue weighted by Crippen LogP contribution is 2.37. The summed E-state index contributed by atoms with van der Waals surface area (Å²) in [4.78, 5) is 63.3. The smallest absolute Gasteiger partial charge is 0.435 e.